The van der Waals surface area contributed by atoms with Crippen LogP contribution in [-0.2, 0) is 0 Å². The zero-order chi connectivity index (χ0) is 9.14. The summed E-state index contributed by atoms with van der Waals surface area (Å²) in [4.78, 5) is 9.92. The quantitative estimate of drug-likeness (QED) is 0.660. The fraction of sp³-hybridized carbons (Fsp3) is 0.500. The van der Waals surface area contributed by atoms with Crippen molar-refractivity contribution in [2.75, 3.05) is 11.9 Å². The van der Waals surface area contributed by atoms with Gasteiger partial charge >= 0.3 is 0 Å². The van der Waals surface area contributed by atoms with E-state index in [0.29, 0.717) is 11.3 Å². The molecule has 4 heteroatoms. The van der Waals surface area contributed by atoms with E-state index in [1.807, 2.05) is 18.0 Å². The molecule has 1 heterocycles. The zero-order valence-electron chi connectivity index (χ0n) is 7.45. The van der Waals surface area contributed by atoms with E-state index in [9.17, 15) is 0 Å². The van der Waals surface area contributed by atoms with Gasteiger partial charge in [0.1, 0.15) is 5.82 Å². The standard InChI is InChI=1S/C8H12ClN3/c1-6(2)12(3)7-4-5-10-8(9)11-7/h4-6H,1-3H3. The molecule has 0 aliphatic rings. The molecule has 0 aliphatic heterocycles. The maximum atomic E-state index is 5.64. The van der Waals surface area contributed by atoms with Crippen LogP contribution in [0.2, 0.25) is 5.28 Å². The number of anilines is 1. The Bertz CT molecular complexity index is 262. The highest BCUT2D eigenvalue weighted by molar-refractivity contribution is 6.28. The van der Waals surface area contributed by atoms with Gasteiger partial charge in [0.2, 0.25) is 5.28 Å². The minimum Gasteiger partial charge on any atom is -0.357 e. The second-order valence-corrected chi connectivity index (χ2v) is 3.23. The van der Waals surface area contributed by atoms with Crippen molar-refractivity contribution in [1.29, 1.82) is 0 Å². The molecule has 0 aliphatic carbocycles. The minimum absolute atomic E-state index is 0.292. The largest absolute Gasteiger partial charge is 0.357 e. The van der Waals surface area contributed by atoms with E-state index in [0.717, 1.165) is 5.82 Å². The monoisotopic (exact) mass is 185 g/mol. The van der Waals surface area contributed by atoms with Gasteiger partial charge in [0.15, 0.2) is 0 Å². The molecule has 0 atom stereocenters. The van der Waals surface area contributed by atoms with E-state index >= 15 is 0 Å². The molecule has 1 aromatic rings. The first-order valence-corrected chi connectivity index (χ1v) is 4.20. The molecule has 0 saturated carbocycles. The van der Waals surface area contributed by atoms with E-state index < -0.39 is 0 Å². The van der Waals surface area contributed by atoms with E-state index in [1.165, 1.54) is 0 Å². The summed E-state index contributed by atoms with van der Waals surface area (Å²) in [6.07, 6.45) is 1.66. The van der Waals surface area contributed by atoms with Crippen LogP contribution in [-0.4, -0.2) is 23.1 Å². The van der Waals surface area contributed by atoms with Crippen molar-refractivity contribution < 1.29 is 0 Å². The molecule has 0 unspecified atom stereocenters. The zero-order valence-corrected chi connectivity index (χ0v) is 8.21. The molecule has 3 nitrogen and oxygen atoms in total. The van der Waals surface area contributed by atoms with Gasteiger partial charge in [-0.2, -0.15) is 0 Å². The lowest BCUT2D eigenvalue weighted by molar-refractivity contribution is 0.741. The lowest BCUT2D eigenvalue weighted by Crippen LogP contribution is -2.26. The first kappa shape index (κ1) is 9.26. The Morgan fingerprint density at radius 1 is 1.50 bits per heavy atom. The Balaban J connectivity index is 2.88. The lowest BCUT2D eigenvalue weighted by Gasteiger charge is -2.21. The van der Waals surface area contributed by atoms with Gasteiger partial charge in [0.25, 0.3) is 0 Å². The second kappa shape index (κ2) is 3.72. The van der Waals surface area contributed by atoms with Gasteiger partial charge in [0.05, 0.1) is 0 Å². The normalized spacial score (nSPS) is 10.4. The van der Waals surface area contributed by atoms with Crippen molar-refractivity contribution in [3.63, 3.8) is 0 Å². The highest BCUT2D eigenvalue weighted by Crippen LogP contribution is 2.12. The number of hydrogen-bond acceptors (Lipinski definition) is 3. The van der Waals surface area contributed by atoms with Crippen LogP contribution in [0.1, 0.15) is 13.8 Å². The highest BCUT2D eigenvalue weighted by atomic mass is 35.5. The van der Waals surface area contributed by atoms with Gasteiger partial charge in [-0.15, -0.1) is 0 Å². The summed E-state index contributed by atoms with van der Waals surface area (Å²) in [5, 5.41) is 0.292. The van der Waals surface area contributed by atoms with E-state index in [-0.39, 0.29) is 0 Å². The first-order chi connectivity index (χ1) is 5.61. The molecule has 0 bridgehead atoms. The van der Waals surface area contributed by atoms with Crippen LogP contribution in [0.3, 0.4) is 0 Å². The van der Waals surface area contributed by atoms with Crippen LogP contribution in [0.5, 0.6) is 0 Å². The molecule has 0 amide bonds. The van der Waals surface area contributed by atoms with Crippen molar-refractivity contribution in [3.8, 4) is 0 Å². The second-order valence-electron chi connectivity index (χ2n) is 2.89. The van der Waals surface area contributed by atoms with Crippen LogP contribution in [0.15, 0.2) is 12.3 Å². The fourth-order valence-corrected chi connectivity index (χ4v) is 0.930. The van der Waals surface area contributed by atoms with Gasteiger partial charge < -0.3 is 4.90 Å². The van der Waals surface area contributed by atoms with Gasteiger partial charge in [0, 0.05) is 19.3 Å². The molecular weight excluding hydrogens is 174 g/mol. The van der Waals surface area contributed by atoms with Crippen molar-refractivity contribution in [3.05, 3.63) is 17.5 Å². The SMILES string of the molecule is CC(C)N(C)c1ccnc(Cl)n1. The molecule has 0 radical (unpaired) electrons. The maximum absolute atomic E-state index is 5.64. The third-order valence-electron chi connectivity index (χ3n) is 1.75. The number of aromatic nitrogens is 2. The molecule has 0 spiro atoms. The number of halogens is 1. The summed E-state index contributed by atoms with van der Waals surface area (Å²) >= 11 is 5.64. The van der Waals surface area contributed by atoms with E-state index in [4.69, 9.17) is 11.6 Å². The summed E-state index contributed by atoms with van der Waals surface area (Å²) in [7, 11) is 1.98. The molecule has 12 heavy (non-hydrogen) atoms. The van der Waals surface area contributed by atoms with E-state index in [2.05, 4.69) is 23.8 Å². The van der Waals surface area contributed by atoms with Gasteiger partial charge in [-0.3, -0.25) is 0 Å². The number of rotatable bonds is 2. The Morgan fingerprint density at radius 2 is 2.17 bits per heavy atom. The van der Waals surface area contributed by atoms with Crippen LogP contribution >= 0.6 is 11.6 Å². The average Bonchev–Trinajstić information content (AvgIpc) is 2.03. The lowest BCUT2D eigenvalue weighted by atomic mass is 10.3. The topological polar surface area (TPSA) is 29.0 Å². The van der Waals surface area contributed by atoms with Crippen molar-refractivity contribution >= 4 is 17.4 Å². The number of hydrogen-bond donors (Lipinski definition) is 0. The molecule has 0 fully saturated rings. The summed E-state index contributed by atoms with van der Waals surface area (Å²) in [6, 6.07) is 2.25. The summed E-state index contributed by atoms with van der Waals surface area (Å²) in [5.41, 5.74) is 0. The molecule has 0 N–H and O–H groups in total. The molecule has 0 aromatic carbocycles. The Hall–Kier alpha value is -0.830. The minimum atomic E-state index is 0.292. The highest BCUT2D eigenvalue weighted by Gasteiger charge is 2.05. The van der Waals surface area contributed by atoms with Crippen molar-refractivity contribution in [2.24, 2.45) is 0 Å². The van der Waals surface area contributed by atoms with Gasteiger partial charge in [-0.1, -0.05) is 0 Å². The van der Waals surface area contributed by atoms with Crippen LogP contribution in [0.4, 0.5) is 5.82 Å². The fourth-order valence-electron chi connectivity index (χ4n) is 0.787. The Kier molecular flexibility index (Phi) is 2.87. The summed E-state index contributed by atoms with van der Waals surface area (Å²) < 4.78 is 0. The molecule has 1 aromatic heterocycles. The van der Waals surface area contributed by atoms with Crippen molar-refractivity contribution in [2.45, 2.75) is 19.9 Å². The van der Waals surface area contributed by atoms with Crippen LogP contribution in [0, 0.1) is 0 Å². The predicted molar refractivity (Wildman–Crippen MR) is 50.6 cm³/mol. The maximum Gasteiger partial charge on any atom is 0.224 e. The number of nitrogens with zero attached hydrogens (tertiary/aromatic N) is 3. The van der Waals surface area contributed by atoms with E-state index in [1.54, 1.807) is 6.20 Å². The average molecular weight is 186 g/mol. The predicted octanol–water partition coefficient (Wildman–Crippen LogP) is 1.97. The molecule has 0 saturated heterocycles. The van der Waals surface area contributed by atoms with Gasteiger partial charge in [-0.05, 0) is 31.5 Å². The first-order valence-electron chi connectivity index (χ1n) is 3.82. The third kappa shape index (κ3) is 2.08. The molecular formula is C8H12ClN3. The summed E-state index contributed by atoms with van der Waals surface area (Å²) in [5.74, 6) is 0.852. The Labute approximate surface area is 77.4 Å². The van der Waals surface area contributed by atoms with Crippen molar-refractivity contribution in [1.82, 2.24) is 9.97 Å². The van der Waals surface area contributed by atoms with Crippen LogP contribution in [0.25, 0.3) is 0 Å². The molecule has 1 rings (SSSR count). The third-order valence-corrected chi connectivity index (χ3v) is 1.93. The smallest absolute Gasteiger partial charge is 0.224 e. The van der Waals surface area contributed by atoms with Gasteiger partial charge in [-0.25, -0.2) is 9.97 Å². The summed E-state index contributed by atoms with van der Waals surface area (Å²) in [6.45, 7) is 4.19. The molecule has 66 valence electrons. The Morgan fingerprint density at radius 3 is 2.67 bits per heavy atom. The van der Waals surface area contributed by atoms with Crippen LogP contribution < -0.4 is 4.90 Å².